The van der Waals surface area contributed by atoms with Crippen LogP contribution in [0.15, 0.2) is 41.8 Å². The first kappa shape index (κ1) is 18.1. The number of hydrogen-bond acceptors (Lipinski definition) is 4. The van der Waals surface area contributed by atoms with Gasteiger partial charge in [-0.15, -0.1) is 11.3 Å². The van der Waals surface area contributed by atoms with Crippen LogP contribution in [0, 0.1) is 20.8 Å². The molecule has 1 amide bonds. The van der Waals surface area contributed by atoms with E-state index in [0.717, 1.165) is 11.3 Å². The first-order valence-corrected chi connectivity index (χ1v) is 9.44. The van der Waals surface area contributed by atoms with Crippen molar-refractivity contribution in [3.05, 3.63) is 64.0 Å². The first-order valence-electron chi connectivity index (χ1n) is 8.56. The minimum atomic E-state index is -0.215. The van der Waals surface area contributed by atoms with E-state index in [1.807, 2.05) is 24.4 Å². The molecule has 0 bridgehead atoms. The third-order valence-corrected chi connectivity index (χ3v) is 4.85. The molecular formula is C21H22N2O2S. The quantitative estimate of drug-likeness (QED) is 0.659. The summed E-state index contributed by atoms with van der Waals surface area (Å²) in [4.78, 5) is 17.2. The fourth-order valence-corrected chi connectivity index (χ4v) is 3.83. The Bertz CT molecular complexity index is 924. The molecule has 3 rings (SSSR count). The predicted molar refractivity (Wildman–Crippen MR) is 107 cm³/mol. The smallest absolute Gasteiger partial charge is 0.261 e. The molecule has 1 heterocycles. The van der Waals surface area contributed by atoms with Crippen LogP contribution in [0.2, 0.25) is 0 Å². The highest BCUT2D eigenvalue weighted by Crippen LogP contribution is 2.31. The van der Waals surface area contributed by atoms with E-state index in [1.54, 1.807) is 12.1 Å². The molecule has 0 radical (unpaired) electrons. The number of rotatable bonds is 5. The number of aryl methyl sites for hydroxylation is 3. The third kappa shape index (κ3) is 3.78. The molecule has 134 valence electrons. The Balaban J connectivity index is 1.85. The lowest BCUT2D eigenvalue weighted by Gasteiger charge is -2.09. The number of nitrogens with one attached hydrogen (secondary N) is 1. The monoisotopic (exact) mass is 366 g/mol. The number of anilines is 1. The number of carbonyl (C=O) groups excluding carboxylic acids is 1. The van der Waals surface area contributed by atoms with E-state index in [2.05, 4.69) is 43.2 Å². The van der Waals surface area contributed by atoms with Gasteiger partial charge in [-0.2, -0.15) is 0 Å². The van der Waals surface area contributed by atoms with Crippen molar-refractivity contribution >= 4 is 22.4 Å². The average Bonchev–Trinajstić information content (AvgIpc) is 3.02. The van der Waals surface area contributed by atoms with Gasteiger partial charge >= 0.3 is 0 Å². The minimum Gasteiger partial charge on any atom is -0.493 e. The van der Waals surface area contributed by atoms with Crippen LogP contribution in [-0.4, -0.2) is 17.5 Å². The number of benzene rings is 2. The Morgan fingerprint density at radius 1 is 1.15 bits per heavy atom. The van der Waals surface area contributed by atoms with Crippen molar-refractivity contribution in [2.24, 2.45) is 0 Å². The number of nitrogens with zero attached hydrogens (tertiary/aromatic N) is 1. The van der Waals surface area contributed by atoms with E-state index in [0.29, 0.717) is 23.1 Å². The average molecular weight is 366 g/mol. The Hall–Kier alpha value is -2.66. The van der Waals surface area contributed by atoms with Crippen LogP contribution in [0.3, 0.4) is 0 Å². The summed E-state index contributed by atoms with van der Waals surface area (Å²) in [5.74, 6) is 0.363. The van der Waals surface area contributed by atoms with Crippen LogP contribution in [-0.2, 0) is 0 Å². The lowest BCUT2D eigenvalue weighted by Crippen LogP contribution is -2.13. The van der Waals surface area contributed by atoms with E-state index in [-0.39, 0.29) is 5.91 Å². The molecule has 4 nitrogen and oxygen atoms in total. The molecule has 1 N–H and O–H groups in total. The Kier molecular flexibility index (Phi) is 5.38. The van der Waals surface area contributed by atoms with Crippen molar-refractivity contribution < 1.29 is 9.53 Å². The topological polar surface area (TPSA) is 51.2 Å². The van der Waals surface area contributed by atoms with Gasteiger partial charge in [0.05, 0.1) is 17.9 Å². The van der Waals surface area contributed by atoms with Crippen LogP contribution in [0.5, 0.6) is 5.75 Å². The van der Waals surface area contributed by atoms with E-state index >= 15 is 0 Å². The lowest BCUT2D eigenvalue weighted by molar-refractivity contribution is 0.102. The van der Waals surface area contributed by atoms with Crippen molar-refractivity contribution in [3.8, 4) is 17.0 Å². The van der Waals surface area contributed by atoms with Gasteiger partial charge in [-0.25, -0.2) is 4.98 Å². The third-order valence-electron chi connectivity index (χ3n) is 4.09. The number of para-hydroxylation sites is 1. The molecule has 0 aliphatic rings. The second-order valence-corrected chi connectivity index (χ2v) is 7.05. The Labute approximate surface area is 157 Å². The van der Waals surface area contributed by atoms with Gasteiger partial charge in [-0.3, -0.25) is 10.1 Å². The molecule has 0 fully saturated rings. The Morgan fingerprint density at radius 3 is 2.54 bits per heavy atom. The molecule has 0 aliphatic heterocycles. The summed E-state index contributed by atoms with van der Waals surface area (Å²) in [6, 6.07) is 11.5. The summed E-state index contributed by atoms with van der Waals surface area (Å²) in [6.07, 6.45) is 0. The highest BCUT2D eigenvalue weighted by atomic mass is 32.1. The summed E-state index contributed by atoms with van der Waals surface area (Å²) >= 11 is 1.42. The van der Waals surface area contributed by atoms with Gasteiger partial charge in [0.15, 0.2) is 5.13 Å². The summed E-state index contributed by atoms with van der Waals surface area (Å²) in [5.41, 5.74) is 6.13. The molecule has 2 aromatic carbocycles. The molecule has 1 aromatic heterocycles. The first-order chi connectivity index (χ1) is 12.5. The largest absolute Gasteiger partial charge is 0.493 e. The zero-order valence-corrected chi connectivity index (χ0v) is 16.2. The van der Waals surface area contributed by atoms with Gasteiger partial charge < -0.3 is 4.74 Å². The number of carbonyl (C=O) groups is 1. The van der Waals surface area contributed by atoms with Gasteiger partial charge in [0.25, 0.3) is 5.91 Å². The number of thiazole rings is 1. The molecule has 3 aromatic rings. The SMILES string of the molecule is CCOc1ccccc1C(=O)Nc1nc(-c2c(C)cc(C)cc2C)cs1. The zero-order valence-electron chi connectivity index (χ0n) is 15.4. The lowest BCUT2D eigenvalue weighted by atomic mass is 9.98. The van der Waals surface area contributed by atoms with Crippen LogP contribution < -0.4 is 10.1 Å². The van der Waals surface area contributed by atoms with Crippen molar-refractivity contribution in [1.82, 2.24) is 4.98 Å². The van der Waals surface area contributed by atoms with Gasteiger partial charge in [0, 0.05) is 10.9 Å². The maximum Gasteiger partial charge on any atom is 0.261 e. The Morgan fingerprint density at radius 2 is 1.85 bits per heavy atom. The molecule has 0 saturated heterocycles. The van der Waals surface area contributed by atoms with E-state index in [9.17, 15) is 4.79 Å². The van der Waals surface area contributed by atoms with Crippen LogP contribution in [0.4, 0.5) is 5.13 Å². The van der Waals surface area contributed by atoms with Crippen molar-refractivity contribution in [2.45, 2.75) is 27.7 Å². The number of amides is 1. The van der Waals surface area contributed by atoms with Gasteiger partial charge in [-0.1, -0.05) is 29.8 Å². The summed E-state index contributed by atoms with van der Waals surface area (Å²) < 4.78 is 5.54. The zero-order chi connectivity index (χ0) is 18.7. The van der Waals surface area contributed by atoms with Gasteiger partial charge in [-0.05, 0) is 51.0 Å². The van der Waals surface area contributed by atoms with Crippen LogP contribution in [0.1, 0.15) is 34.0 Å². The maximum atomic E-state index is 12.6. The number of ether oxygens (including phenoxy) is 1. The maximum absolute atomic E-state index is 12.6. The van der Waals surface area contributed by atoms with Gasteiger partial charge in [0.1, 0.15) is 5.75 Å². The summed E-state index contributed by atoms with van der Waals surface area (Å²) in [6.45, 7) is 8.68. The fraction of sp³-hybridized carbons (Fsp3) is 0.238. The molecule has 0 atom stereocenters. The highest BCUT2D eigenvalue weighted by molar-refractivity contribution is 7.14. The van der Waals surface area contributed by atoms with Crippen molar-refractivity contribution in [3.63, 3.8) is 0 Å². The molecule has 5 heteroatoms. The number of aromatic nitrogens is 1. The van der Waals surface area contributed by atoms with E-state index in [4.69, 9.17) is 4.74 Å². The number of hydrogen-bond donors (Lipinski definition) is 1. The van der Waals surface area contributed by atoms with Crippen molar-refractivity contribution in [2.75, 3.05) is 11.9 Å². The van der Waals surface area contributed by atoms with Crippen LogP contribution in [0.25, 0.3) is 11.3 Å². The standard InChI is InChI=1S/C21H22N2O2S/c1-5-25-18-9-7-6-8-16(18)20(24)23-21-22-17(12-26-21)19-14(3)10-13(2)11-15(19)4/h6-12H,5H2,1-4H3,(H,22,23,24). The molecule has 26 heavy (non-hydrogen) atoms. The second kappa shape index (κ2) is 7.70. The second-order valence-electron chi connectivity index (χ2n) is 6.19. The highest BCUT2D eigenvalue weighted by Gasteiger charge is 2.15. The molecule has 0 aliphatic carbocycles. The molecular weight excluding hydrogens is 344 g/mol. The van der Waals surface area contributed by atoms with E-state index < -0.39 is 0 Å². The molecule has 0 spiro atoms. The normalized spacial score (nSPS) is 10.6. The minimum absolute atomic E-state index is 0.215. The summed E-state index contributed by atoms with van der Waals surface area (Å²) in [5, 5.41) is 5.45. The van der Waals surface area contributed by atoms with Crippen molar-refractivity contribution in [1.29, 1.82) is 0 Å². The summed E-state index contributed by atoms with van der Waals surface area (Å²) in [7, 11) is 0. The fourth-order valence-electron chi connectivity index (χ4n) is 3.13. The van der Waals surface area contributed by atoms with E-state index in [1.165, 1.54) is 28.0 Å². The van der Waals surface area contributed by atoms with Crippen LogP contribution >= 0.6 is 11.3 Å². The molecule has 0 saturated carbocycles. The predicted octanol–water partition coefficient (Wildman–Crippen LogP) is 5.39. The van der Waals surface area contributed by atoms with Gasteiger partial charge in [0.2, 0.25) is 0 Å². The molecule has 0 unspecified atom stereocenters.